The molecule has 0 saturated carbocycles. The van der Waals surface area contributed by atoms with Gasteiger partial charge >= 0.3 is 5.97 Å². The summed E-state index contributed by atoms with van der Waals surface area (Å²) in [6, 6.07) is 0. The van der Waals surface area contributed by atoms with E-state index in [1.54, 1.807) is 6.92 Å². The van der Waals surface area contributed by atoms with Gasteiger partial charge in [0.15, 0.2) is 0 Å². The number of hydrogen-bond donors (Lipinski definition) is 0. The third-order valence-electron chi connectivity index (χ3n) is 1.04. The van der Waals surface area contributed by atoms with Crippen molar-refractivity contribution >= 4 is 21.9 Å². The van der Waals surface area contributed by atoms with Crippen molar-refractivity contribution in [2.24, 2.45) is 0 Å². The number of rotatable bonds is 3. The fourth-order valence-corrected chi connectivity index (χ4v) is 0.480. The van der Waals surface area contributed by atoms with Gasteiger partial charge < -0.3 is 4.74 Å². The van der Waals surface area contributed by atoms with E-state index in [1.807, 2.05) is 13.8 Å². The van der Waals surface area contributed by atoms with Crippen LogP contribution < -0.4 is 0 Å². The molecular weight excluding hydrogens is 208 g/mol. The number of hydrogen-bond acceptors (Lipinski definition) is 2. The predicted molar refractivity (Wildman–Crippen MR) is 48.8 cm³/mol. The zero-order chi connectivity index (χ0) is 9.07. The lowest BCUT2D eigenvalue weighted by Crippen LogP contribution is -2.29. The lowest BCUT2D eigenvalue weighted by Gasteiger charge is -2.22. The minimum absolute atomic E-state index is 0.338. The molecule has 3 heteroatoms. The number of esters is 1. The van der Waals surface area contributed by atoms with Crippen molar-refractivity contribution in [3.8, 4) is 0 Å². The van der Waals surface area contributed by atoms with E-state index in [4.69, 9.17) is 4.74 Å². The molecule has 0 amide bonds. The van der Waals surface area contributed by atoms with Gasteiger partial charge in [-0.3, -0.25) is 0 Å². The molecule has 0 aliphatic rings. The van der Waals surface area contributed by atoms with Crippen molar-refractivity contribution in [3.63, 3.8) is 0 Å². The number of carbonyl (C=O) groups is 1. The van der Waals surface area contributed by atoms with Gasteiger partial charge in [0.05, 0.1) is 0 Å². The van der Waals surface area contributed by atoms with Crippen LogP contribution in [0, 0.1) is 0 Å². The zero-order valence-corrected chi connectivity index (χ0v) is 8.69. The molecular formula is C8H13BrO2. The van der Waals surface area contributed by atoms with Gasteiger partial charge in [-0.05, 0) is 20.8 Å². The van der Waals surface area contributed by atoms with E-state index in [0.717, 1.165) is 0 Å². The summed E-state index contributed by atoms with van der Waals surface area (Å²) in [5.41, 5.74) is -0.0187. The van der Waals surface area contributed by atoms with E-state index in [-0.39, 0.29) is 5.97 Å². The molecule has 2 nitrogen and oxygen atoms in total. The SMILES string of the molecule is C=C(C)C(=O)OC(C)(C)CBr. The maximum absolute atomic E-state index is 11.0. The second-order valence-electron chi connectivity index (χ2n) is 3.06. The van der Waals surface area contributed by atoms with Crippen molar-refractivity contribution in [2.75, 3.05) is 5.33 Å². The largest absolute Gasteiger partial charge is 0.455 e. The summed E-state index contributed by atoms with van der Waals surface area (Å²) in [5, 5.41) is 0.624. The van der Waals surface area contributed by atoms with E-state index in [0.29, 0.717) is 10.9 Å². The molecule has 0 aliphatic carbocycles. The Morgan fingerprint density at radius 2 is 2.09 bits per heavy atom. The summed E-state index contributed by atoms with van der Waals surface area (Å²) in [7, 11) is 0. The standard InChI is InChI=1S/C8H13BrO2/c1-6(2)7(10)11-8(3,4)5-9/h1,5H2,2-4H3. The molecule has 0 N–H and O–H groups in total. The monoisotopic (exact) mass is 220 g/mol. The van der Waals surface area contributed by atoms with Gasteiger partial charge in [0, 0.05) is 10.9 Å². The van der Waals surface area contributed by atoms with Gasteiger partial charge in [-0.2, -0.15) is 0 Å². The molecule has 0 aromatic rings. The van der Waals surface area contributed by atoms with E-state index in [1.165, 1.54) is 0 Å². The van der Waals surface area contributed by atoms with E-state index in [9.17, 15) is 4.79 Å². The van der Waals surface area contributed by atoms with Crippen molar-refractivity contribution in [1.82, 2.24) is 0 Å². The Labute approximate surface area is 75.7 Å². The molecule has 0 fully saturated rings. The van der Waals surface area contributed by atoms with Gasteiger partial charge in [-0.1, -0.05) is 22.5 Å². The van der Waals surface area contributed by atoms with Gasteiger partial charge in [0.2, 0.25) is 0 Å². The van der Waals surface area contributed by atoms with Crippen molar-refractivity contribution in [2.45, 2.75) is 26.4 Å². The molecule has 0 spiro atoms. The minimum atomic E-state index is -0.448. The van der Waals surface area contributed by atoms with Crippen LogP contribution in [0.5, 0.6) is 0 Å². The maximum Gasteiger partial charge on any atom is 0.333 e. The molecule has 0 aliphatic heterocycles. The molecule has 0 saturated heterocycles. The topological polar surface area (TPSA) is 26.3 Å². The normalized spacial score (nSPS) is 10.9. The number of carbonyl (C=O) groups excluding carboxylic acids is 1. The highest BCUT2D eigenvalue weighted by Gasteiger charge is 2.21. The van der Waals surface area contributed by atoms with Crippen LogP contribution in [0.15, 0.2) is 12.2 Å². The summed E-state index contributed by atoms with van der Waals surface area (Å²) in [6.07, 6.45) is 0. The van der Waals surface area contributed by atoms with E-state index < -0.39 is 5.60 Å². The quantitative estimate of drug-likeness (QED) is 0.415. The number of alkyl halides is 1. The molecule has 0 rings (SSSR count). The first kappa shape index (κ1) is 10.7. The van der Waals surface area contributed by atoms with Crippen LogP contribution >= 0.6 is 15.9 Å². The second-order valence-corrected chi connectivity index (χ2v) is 3.62. The van der Waals surface area contributed by atoms with Crippen molar-refractivity contribution in [1.29, 1.82) is 0 Å². The smallest absolute Gasteiger partial charge is 0.333 e. The highest BCUT2D eigenvalue weighted by atomic mass is 79.9. The predicted octanol–water partition coefficient (Wildman–Crippen LogP) is 2.28. The van der Waals surface area contributed by atoms with Crippen LogP contribution in [-0.4, -0.2) is 16.9 Å². The summed E-state index contributed by atoms with van der Waals surface area (Å²) in [4.78, 5) is 11.0. The first-order valence-electron chi connectivity index (χ1n) is 3.34. The lowest BCUT2D eigenvalue weighted by atomic mass is 10.2. The van der Waals surface area contributed by atoms with Crippen molar-refractivity contribution < 1.29 is 9.53 Å². The molecule has 0 aromatic carbocycles. The summed E-state index contributed by atoms with van der Waals surface area (Å²) in [6.45, 7) is 8.79. The maximum atomic E-state index is 11.0. The Morgan fingerprint density at radius 3 is 2.36 bits per heavy atom. The highest BCUT2D eigenvalue weighted by molar-refractivity contribution is 9.09. The van der Waals surface area contributed by atoms with Crippen LogP contribution in [0.25, 0.3) is 0 Å². The van der Waals surface area contributed by atoms with Gasteiger partial charge in [-0.15, -0.1) is 0 Å². The summed E-state index contributed by atoms with van der Waals surface area (Å²) in [5.74, 6) is -0.338. The average molecular weight is 221 g/mol. The van der Waals surface area contributed by atoms with Crippen LogP contribution in [0.1, 0.15) is 20.8 Å². The van der Waals surface area contributed by atoms with Crippen molar-refractivity contribution in [3.05, 3.63) is 12.2 Å². The zero-order valence-electron chi connectivity index (χ0n) is 7.11. The molecule has 0 atom stereocenters. The van der Waals surface area contributed by atoms with Crippen LogP contribution in [0.2, 0.25) is 0 Å². The first-order chi connectivity index (χ1) is 4.89. The number of ether oxygens (including phenoxy) is 1. The molecule has 0 radical (unpaired) electrons. The third-order valence-corrected chi connectivity index (χ3v) is 2.39. The fraction of sp³-hybridized carbons (Fsp3) is 0.625. The highest BCUT2D eigenvalue weighted by Crippen LogP contribution is 2.13. The van der Waals surface area contributed by atoms with Crippen LogP contribution in [-0.2, 0) is 9.53 Å². The van der Waals surface area contributed by atoms with Crippen LogP contribution in [0.4, 0.5) is 0 Å². The molecule has 0 bridgehead atoms. The molecule has 64 valence electrons. The summed E-state index contributed by atoms with van der Waals surface area (Å²) < 4.78 is 5.06. The Balaban J connectivity index is 4.04. The molecule has 0 aromatic heterocycles. The van der Waals surface area contributed by atoms with Gasteiger partial charge in [0.1, 0.15) is 5.60 Å². The summed E-state index contributed by atoms with van der Waals surface area (Å²) >= 11 is 3.24. The second kappa shape index (κ2) is 3.90. The van der Waals surface area contributed by atoms with E-state index >= 15 is 0 Å². The first-order valence-corrected chi connectivity index (χ1v) is 4.46. The Hall–Kier alpha value is -0.310. The average Bonchev–Trinajstić information content (AvgIpc) is 1.87. The van der Waals surface area contributed by atoms with E-state index in [2.05, 4.69) is 22.5 Å². The lowest BCUT2D eigenvalue weighted by molar-refractivity contribution is -0.149. The minimum Gasteiger partial charge on any atom is -0.455 e. The van der Waals surface area contributed by atoms with Gasteiger partial charge in [0.25, 0.3) is 0 Å². The van der Waals surface area contributed by atoms with Crippen LogP contribution in [0.3, 0.4) is 0 Å². The Kier molecular flexibility index (Phi) is 3.79. The molecule has 11 heavy (non-hydrogen) atoms. The Bertz CT molecular complexity index is 173. The van der Waals surface area contributed by atoms with Gasteiger partial charge in [-0.25, -0.2) is 4.79 Å². The Morgan fingerprint density at radius 1 is 1.64 bits per heavy atom. The molecule has 0 unspecified atom stereocenters. The number of halogens is 1. The fourth-order valence-electron chi connectivity index (χ4n) is 0.365. The molecule has 0 heterocycles. The third kappa shape index (κ3) is 4.19.